The second kappa shape index (κ2) is 6.02. The van der Waals surface area contributed by atoms with Crippen molar-refractivity contribution >= 4 is 0 Å². The second-order valence-electron chi connectivity index (χ2n) is 6.06. The van der Waals surface area contributed by atoms with Crippen molar-refractivity contribution in [2.75, 3.05) is 6.54 Å². The van der Waals surface area contributed by atoms with Gasteiger partial charge in [-0.15, -0.1) is 0 Å². The van der Waals surface area contributed by atoms with Gasteiger partial charge in [-0.05, 0) is 57.2 Å². The van der Waals surface area contributed by atoms with Crippen LogP contribution in [0.15, 0.2) is 18.2 Å². The minimum atomic E-state index is 0.679. The molecule has 3 unspecified atom stereocenters. The van der Waals surface area contributed by atoms with Crippen LogP contribution in [0.3, 0.4) is 0 Å². The normalized spacial score (nSPS) is 30.9. The molecule has 0 amide bonds. The molecule has 2 fully saturated rings. The largest absolute Gasteiger partial charge is 0.314 e. The van der Waals surface area contributed by atoms with Crippen LogP contribution in [0.5, 0.6) is 0 Å². The number of aryl methyl sites for hydroxylation is 1. The van der Waals surface area contributed by atoms with E-state index in [4.69, 9.17) is 0 Å². The lowest BCUT2D eigenvalue weighted by molar-refractivity contribution is 0.319. The lowest BCUT2D eigenvalue weighted by atomic mass is 9.93. The van der Waals surface area contributed by atoms with Crippen LogP contribution < -0.4 is 10.6 Å². The van der Waals surface area contributed by atoms with Crippen LogP contribution in [0.1, 0.15) is 43.5 Å². The zero-order valence-corrected chi connectivity index (χ0v) is 11.9. The molecule has 2 aliphatic rings. The van der Waals surface area contributed by atoms with Gasteiger partial charge in [0.25, 0.3) is 0 Å². The topological polar surface area (TPSA) is 37.0 Å². The van der Waals surface area contributed by atoms with Gasteiger partial charge in [-0.2, -0.15) is 0 Å². The molecule has 0 aromatic carbocycles. The van der Waals surface area contributed by atoms with E-state index in [1.54, 1.807) is 0 Å². The van der Waals surface area contributed by atoms with Crippen molar-refractivity contribution in [2.45, 2.75) is 57.7 Å². The van der Waals surface area contributed by atoms with Crippen molar-refractivity contribution in [3.05, 3.63) is 29.6 Å². The SMILES string of the molecule is Cc1cccc(CNC2CCCC2C2CCCN2)n1. The average Bonchev–Trinajstić information content (AvgIpc) is 3.07. The number of nitrogens with one attached hydrogen (secondary N) is 2. The highest BCUT2D eigenvalue weighted by atomic mass is 15.0. The quantitative estimate of drug-likeness (QED) is 0.872. The van der Waals surface area contributed by atoms with Gasteiger partial charge in [0.05, 0.1) is 5.69 Å². The van der Waals surface area contributed by atoms with Gasteiger partial charge in [-0.3, -0.25) is 4.98 Å². The van der Waals surface area contributed by atoms with E-state index < -0.39 is 0 Å². The molecule has 3 nitrogen and oxygen atoms in total. The summed E-state index contributed by atoms with van der Waals surface area (Å²) in [5.74, 6) is 0.826. The van der Waals surface area contributed by atoms with Crippen LogP contribution >= 0.6 is 0 Å². The summed E-state index contributed by atoms with van der Waals surface area (Å²) < 4.78 is 0. The molecule has 1 aromatic heterocycles. The van der Waals surface area contributed by atoms with E-state index in [1.165, 1.54) is 44.3 Å². The van der Waals surface area contributed by atoms with Crippen molar-refractivity contribution in [1.82, 2.24) is 15.6 Å². The van der Waals surface area contributed by atoms with Crippen molar-refractivity contribution in [3.8, 4) is 0 Å². The van der Waals surface area contributed by atoms with E-state index in [1.807, 2.05) is 0 Å². The van der Waals surface area contributed by atoms with Gasteiger partial charge in [0.1, 0.15) is 0 Å². The minimum absolute atomic E-state index is 0.679. The van der Waals surface area contributed by atoms with Crippen LogP contribution in [-0.4, -0.2) is 23.6 Å². The summed E-state index contributed by atoms with van der Waals surface area (Å²) in [7, 11) is 0. The van der Waals surface area contributed by atoms with Crippen molar-refractivity contribution in [1.29, 1.82) is 0 Å². The molecule has 0 bridgehead atoms. The molecular formula is C16H25N3. The first-order chi connectivity index (χ1) is 9.33. The van der Waals surface area contributed by atoms with Crippen LogP contribution in [-0.2, 0) is 6.54 Å². The summed E-state index contributed by atoms with van der Waals surface area (Å²) in [5, 5.41) is 7.43. The lowest BCUT2D eigenvalue weighted by Crippen LogP contribution is -2.41. The maximum absolute atomic E-state index is 4.58. The lowest BCUT2D eigenvalue weighted by Gasteiger charge is -2.26. The molecular weight excluding hydrogens is 234 g/mol. The number of rotatable bonds is 4. The maximum Gasteiger partial charge on any atom is 0.0544 e. The molecule has 3 atom stereocenters. The summed E-state index contributed by atoms with van der Waals surface area (Å²) in [6, 6.07) is 7.72. The summed E-state index contributed by atoms with van der Waals surface area (Å²) in [4.78, 5) is 4.58. The molecule has 1 saturated carbocycles. The molecule has 19 heavy (non-hydrogen) atoms. The molecule has 104 valence electrons. The zero-order valence-electron chi connectivity index (χ0n) is 11.9. The molecule has 1 aromatic rings. The highest BCUT2D eigenvalue weighted by Crippen LogP contribution is 2.32. The van der Waals surface area contributed by atoms with Gasteiger partial charge < -0.3 is 10.6 Å². The van der Waals surface area contributed by atoms with Gasteiger partial charge in [0.2, 0.25) is 0 Å². The summed E-state index contributed by atoms with van der Waals surface area (Å²) in [5.41, 5.74) is 2.28. The van der Waals surface area contributed by atoms with Crippen molar-refractivity contribution < 1.29 is 0 Å². The molecule has 1 aliphatic heterocycles. The van der Waals surface area contributed by atoms with Gasteiger partial charge in [0.15, 0.2) is 0 Å². The summed E-state index contributed by atoms with van der Waals surface area (Å²) in [6.45, 7) is 4.19. The molecule has 3 heteroatoms. The summed E-state index contributed by atoms with van der Waals surface area (Å²) >= 11 is 0. The third-order valence-corrected chi connectivity index (χ3v) is 4.68. The van der Waals surface area contributed by atoms with Gasteiger partial charge in [-0.1, -0.05) is 12.5 Å². The Morgan fingerprint density at radius 3 is 3.00 bits per heavy atom. The Hall–Kier alpha value is -0.930. The number of hydrogen-bond donors (Lipinski definition) is 2. The first-order valence-electron chi connectivity index (χ1n) is 7.72. The Balaban J connectivity index is 1.56. The maximum atomic E-state index is 4.58. The third-order valence-electron chi connectivity index (χ3n) is 4.68. The smallest absolute Gasteiger partial charge is 0.0544 e. The fraction of sp³-hybridized carbons (Fsp3) is 0.688. The Labute approximate surface area is 116 Å². The zero-order chi connectivity index (χ0) is 13.1. The number of aromatic nitrogens is 1. The highest BCUT2D eigenvalue weighted by Gasteiger charge is 2.34. The van der Waals surface area contributed by atoms with Crippen molar-refractivity contribution in [3.63, 3.8) is 0 Å². The number of pyridine rings is 1. The van der Waals surface area contributed by atoms with E-state index in [-0.39, 0.29) is 0 Å². The van der Waals surface area contributed by atoms with Crippen LogP contribution in [0.25, 0.3) is 0 Å². The van der Waals surface area contributed by atoms with Crippen molar-refractivity contribution in [2.24, 2.45) is 5.92 Å². The fourth-order valence-corrected chi connectivity index (χ4v) is 3.73. The third kappa shape index (κ3) is 3.15. The molecule has 1 aliphatic carbocycles. The van der Waals surface area contributed by atoms with E-state index in [2.05, 4.69) is 40.7 Å². The van der Waals surface area contributed by atoms with Crippen LogP contribution in [0.4, 0.5) is 0 Å². The molecule has 0 spiro atoms. The number of hydrogen-bond acceptors (Lipinski definition) is 3. The number of nitrogens with zero attached hydrogens (tertiary/aromatic N) is 1. The Morgan fingerprint density at radius 1 is 1.26 bits per heavy atom. The molecule has 1 saturated heterocycles. The predicted octanol–water partition coefficient (Wildman–Crippen LogP) is 2.40. The molecule has 3 rings (SSSR count). The molecule has 2 N–H and O–H groups in total. The van der Waals surface area contributed by atoms with E-state index in [9.17, 15) is 0 Å². The van der Waals surface area contributed by atoms with E-state index in [0.29, 0.717) is 6.04 Å². The molecule has 0 radical (unpaired) electrons. The predicted molar refractivity (Wildman–Crippen MR) is 78.0 cm³/mol. The standard InChI is InChI=1S/C16H25N3/c1-12-5-2-6-13(19-12)11-18-16-8-3-7-14(16)15-9-4-10-17-15/h2,5-6,14-18H,3-4,7-11H2,1H3. The monoisotopic (exact) mass is 259 g/mol. The van der Waals surface area contributed by atoms with Crippen LogP contribution in [0, 0.1) is 12.8 Å². The fourth-order valence-electron chi connectivity index (χ4n) is 3.73. The highest BCUT2D eigenvalue weighted by molar-refractivity contribution is 5.10. The Morgan fingerprint density at radius 2 is 2.21 bits per heavy atom. The van der Waals surface area contributed by atoms with E-state index in [0.717, 1.165) is 24.2 Å². The van der Waals surface area contributed by atoms with E-state index >= 15 is 0 Å². The first-order valence-corrected chi connectivity index (χ1v) is 7.72. The average molecular weight is 259 g/mol. The Kier molecular flexibility index (Phi) is 4.14. The second-order valence-corrected chi connectivity index (χ2v) is 6.06. The van der Waals surface area contributed by atoms with Crippen LogP contribution in [0.2, 0.25) is 0 Å². The van der Waals surface area contributed by atoms with Gasteiger partial charge in [-0.25, -0.2) is 0 Å². The van der Waals surface area contributed by atoms with Gasteiger partial charge >= 0.3 is 0 Å². The first kappa shape index (κ1) is 13.1. The van der Waals surface area contributed by atoms with Gasteiger partial charge in [0, 0.05) is 24.3 Å². The Bertz CT molecular complexity index is 412. The summed E-state index contributed by atoms with van der Waals surface area (Å²) in [6.07, 6.45) is 6.81. The minimum Gasteiger partial charge on any atom is -0.314 e. The molecule has 2 heterocycles.